The van der Waals surface area contributed by atoms with Crippen LogP contribution in [0.15, 0.2) is 12.4 Å². The van der Waals surface area contributed by atoms with E-state index in [2.05, 4.69) is 15.4 Å². The molecule has 3 rings (SSSR count). The van der Waals surface area contributed by atoms with E-state index in [-0.39, 0.29) is 17.3 Å². The highest BCUT2D eigenvalue weighted by molar-refractivity contribution is 6.36. The Morgan fingerprint density at radius 2 is 2.43 bits per heavy atom. The van der Waals surface area contributed by atoms with E-state index in [0.717, 1.165) is 5.56 Å². The number of aliphatic hydroxyl groups excluding tert-OH is 1. The van der Waals surface area contributed by atoms with Crippen LogP contribution >= 0.6 is 11.6 Å². The highest BCUT2D eigenvalue weighted by Gasteiger charge is 2.28. The predicted octanol–water partition coefficient (Wildman–Crippen LogP) is 0.571. The molecule has 1 aliphatic heterocycles. The first kappa shape index (κ1) is 14.2. The molecule has 0 saturated carbocycles. The monoisotopic (exact) mass is 310 g/mol. The van der Waals surface area contributed by atoms with Gasteiger partial charge in [0, 0.05) is 19.0 Å². The molecule has 2 atom stereocenters. The number of rotatable bonds is 2. The number of carbonyl (C=O) groups is 1. The molecule has 1 aliphatic rings. The molecule has 2 aromatic rings. The molecular formula is C13H15ClN4O3. The van der Waals surface area contributed by atoms with Crippen molar-refractivity contribution in [1.82, 2.24) is 19.9 Å². The molecule has 112 valence electrons. The molecule has 0 aromatic carbocycles. The average Bonchev–Trinajstić information content (AvgIpc) is 2.78. The Kier molecular flexibility index (Phi) is 3.79. The molecule has 0 unspecified atom stereocenters. The number of carbonyl (C=O) groups excluding carboxylic acids is 1. The maximum Gasteiger partial charge on any atom is 0.273 e. The van der Waals surface area contributed by atoms with Crippen LogP contribution in [0.2, 0.25) is 5.02 Å². The predicted molar refractivity (Wildman–Crippen MR) is 75.4 cm³/mol. The number of aliphatic hydroxyl groups is 1. The van der Waals surface area contributed by atoms with Gasteiger partial charge in [-0.05, 0) is 18.9 Å². The average molecular weight is 311 g/mol. The zero-order valence-corrected chi connectivity index (χ0v) is 12.2. The summed E-state index contributed by atoms with van der Waals surface area (Å²) in [5.41, 5.74) is 1.42. The van der Waals surface area contributed by atoms with Gasteiger partial charge in [0.2, 0.25) is 0 Å². The summed E-state index contributed by atoms with van der Waals surface area (Å²) in [5, 5.41) is 16.9. The molecule has 0 radical (unpaired) electrons. The molecule has 0 spiro atoms. The maximum absolute atomic E-state index is 12.3. The Labute approximate surface area is 125 Å². The Bertz CT molecular complexity index is 687. The standard InChI is InChI=1S/C13H15ClN4O3/c1-7-4-15-12-10(14)11(17-18(12)5-7)13(20)16-8-6-21-3-2-9(8)19/h4-5,8-9,19H,2-3,6H2,1H3,(H,16,20)/t8-,9-/m1/s1. The van der Waals surface area contributed by atoms with Crippen LogP contribution in [-0.2, 0) is 4.74 Å². The second kappa shape index (κ2) is 5.59. The molecule has 7 nitrogen and oxygen atoms in total. The topological polar surface area (TPSA) is 88.8 Å². The van der Waals surface area contributed by atoms with Crippen LogP contribution in [0.25, 0.3) is 5.65 Å². The molecule has 0 bridgehead atoms. The van der Waals surface area contributed by atoms with Gasteiger partial charge in [-0.2, -0.15) is 5.10 Å². The molecule has 2 aromatic heterocycles. The summed E-state index contributed by atoms with van der Waals surface area (Å²) in [6, 6.07) is -0.457. The molecule has 21 heavy (non-hydrogen) atoms. The fourth-order valence-electron chi connectivity index (χ4n) is 2.25. The summed E-state index contributed by atoms with van der Waals surface area (Å²) >= 11 is 6.16. The van der Waals surface area contributed by atoms with Gasteiger partial charge in [-0.1, -0.05) is 11.6 Å². The van der Waals surface area contributed by atoms with Crippen molar-refractivity contribution in [3.63, 3.8) is 0 Å². The summed E-state index contributed by atoms with van der Waals surface area (Å²) < 4.78 is 6.72. The minimum absolute atomic E-state index is 0.0903. The van der Waals surface area contributed by atoms with Crippen LogP contribution in [0.3, 0.4) is 0 Å². The Morgan fingerprint density at radius 1 is 1.62 bits per heavy atom. The summed E-state index contributed by atoms with van der Waals surface area (Å²) in [7, 11) is 0. The number of aromatic nitrogens is 3. The van der Waals surface area contributed by atoms with Crippen molar-refractivity contribution in [3.05, 3.63) is 28.7 Å². The summed E-state index contributed by atoms with van der Waals surface area (Å²) in [5.74, 6) is -0.447. The molecule has 0 aliphatic carbocycles. The lowest BCUT2D eigenvalue weighted by Crippen LogP contribution is -2.49. The van der Waals surface area contributed by atoms with Crippen molar-refractivity contribution in [1.29, 1.82) is 0 Å². The van der Waals surface area contributed by atoms with Gasteiger partial charge in [-0.15, -0.1) is 0 Å². The third kappa shape index (κ3) is 2.72. The van der Waals surface area contributed by atoms with Crippen molar-refractivity contribution >= 4 is 23.2 Å². The molecule has 1 fully saturated rings. The number of fused-ring (bicyclic) bond motifs is 1. The van der Waals surface area contributed by atoms with Crippen LogP contribution in [0, 0.1) is 6.92 Å². The molecule has 1 saturated heterocycles. The Hall–Kier alpha value is -1.70. The van der Waals surface area contributed by atoms with Crippen LogP contribution < -0.4 is 5.32 Å². The van der Waals surface area contributed by atoms with Crippen molar-refractivity contribution in [3.8, 4) is 0 Å². The van der Waals surface area contributed by atoms with E-state index in [0.29, 0.717) is 18.7 Å². The van der Waals surface area contributed by atoms with E-state index in [9.17, 15) is 9.90 Å². The largest absolute Gasteiger partial charge is 0.391 e. The molecule has 8 heteroatoms. The van der Waals surface area contributed by atoms with E-state index >= 15 is 0 Å². The minimum atomic E-state index is -0.626. The second-order valence-electron chi connectivity index (χ2n) is 5.07. The molecular weight excluding hydrogens is 296 g/mol. The fraction of sp³-hybridized carbons (Fsp3) is 0.462. The van der Waals surface area contributed by atoms with Gasteiger partial charge < -0.3 is 15.2 Å². The number of hydrogen-bond donors (Lipinski definition) is 2. The Morgan fingerprint density at radius 3 is 3.19 bits per heavy atom. The van der Waals surface area contributed by atoms with Gasteiger partial charge >= 0.3 is 0 Å². The zero-order chi connectivity index (χ0) is 15.0. The summed E-state index contributed by atoms with van der Waals surface area (Å²) in [4.78, 5) is 16.4. The highest BCUT2D eigenvalue weighted by Crippen LogP contribution is 2.20. The van der Waals surface area contributed by atoms with Crippen molar-refractivity contribution in [2.75, 3.05) is 13.2 Å². The van der Waals surface area contributed by atoms with Gasteiger partial charge in [0.25, 0.3) is 5.91 Å². The number of nitrogens with one attached hydrogen (secondary N) is 1. The van der Waals surface area contributed by atoms with Crippen molar-refractivity contribution in [2.45, 2.75) is 25.5 Å². The third-order valence-corrected chi connectivity index (χ3v) is 3.74. The quantitative estimate of drug-likeness (QED) is 0.846. The normalized spacial score (nSPS) is 22.4. The minimum Gasteiger partial charge on any atom is -0.391 e. The first-order valence-corrected chi connectivity index (χ1v) is 7.01. The fourth-order valence-corrected chi connectivity index (χ4v) is 2.51. The van der Waals surface area contributed by atoms with E-state index in [1.54, 1.807) is 12.4 Å². The van der Waals surface area contributed by atoms with Gasteiger partial charge in [0.15, 0.2) is 11.3 Å². The lowest BCUT2D eigenvalue weighted by atomic mass is 10.1. The van der Waals surface area contributed by atoms with E-state index in [1.807, 2.05) is 6.92 Å². The van der Waals surface area contributed by atoms with E-state index in [4.69, 9.17) is 16.3 Å². The first-order valence-electron chi connectivity index (χ1n) is 6.63. The number of amides is 1. The van der Waals surface area contributed by atoms with E-state index in [1.165, 1.54) is 4.52 Å². The van der Waals surface area contributed by atoms with Crippen LogP contribution in [-0.4, -0.2) is 51.0 Å². The van der Waals surface area contributed by atoms with Crippen molar-refractivity contribution < 1.29 is 14.6 Å². The van der Waals surface area contributed by atoms with Crippen LogP contribution in [0.5, 0.6) is 0 Å². The van der Waals surface area contributed by atoms with Gasteiger partial charge in [0.05, 0.1) is 18.8 Å². The number of nitrogens with zero attached hydrogens (tertiary/aromatic N) is 3. The SMILES string of the molecule is Cc1cnc2c(Cl)c(C(=O)N[C@@H]3COCC[C@H]3O)nn2c1. The smallest absolute Gasteiger partial charge is 0.273 e. The summed E-state index contributed by atoms with van der Waals surface area (Å²) in [6.07, 6.45) is 3.26. The highest BCUT2D eigenvalue weighted by atomic mass is 35.5. The zero-order valence-electron chi connectivity index (χ0n) is 11.4. The molecule has 2 N–H and O–H groups in total. The summed E-state index contributed by atoms with van der Waals surface area (Å²) in [6.45, 7) is 2.64. The number of ether oxygens (including phenoxy) is 1. The van der Waals surface area contributed by atoms with Gasteiger partial charge in [-0.3, -0.25) is 4.79 Å². The Balaban J connectivity index is 1.85. The number of halogens is 1. The second-order valence-corrected chi connectivity index (χ2v) is 5.45. The third-order valence-electron chi connectivity index (χ3n) is 3.40. The maximum atomic E-state index is 12.3. The van der Waals surface area contributed by atoms with Crippen LogP contribution in [0.4, 0.5) is 0 Å². The van der Waals surface area contributed by atoms with Gasteiger partial charge in [0.1, 0.15) is 5.02 Å². The molecule has 3 heterocycles. The van der Waals surface area contributed by atoms with Crippen molar-refractivity contribution in [2.24, 2.45) is 0 Å². The number of aryl methyl sites for hydroxylation is 1. The lowest BCUT2D eigenvalue weighted by Gasteiger charge is -2.28. The number of hydrogen-bond acceptors (Lipinski definition) is 5. The first-order chi connectivity index (χ1) is 10.1. The van der Waals surface area contributed by atoms with E-state index < -0.39 is 18.1 Å². The molecule has 1 amide bonds. The lowest BCUT2D eigenvalue weighted by molar-refractivity contribution is -0.0140. The van der Waals surface area contributed by atoms with Gasteiger partial charge in [-0.25, -0.2) is 9.50 Å². The van der Waals surface area contributed by atoms with Crippen LogP contribution in [0.1, 0.15) is 22.5 Å².